The predicted molar refractivity (Wildman–Crippen MR) is 94.6 cm³/mol. The van der Waals surface area contributed by atoms with Gasteiger partial charge in [0.05, 0.1) is 18.3 Å². The van der Waals surface area contributed by atoms with Crippen molar-refractivity contribution >= 4 is 28.7 Å². The second-order valence-corrected chi connectivity index (χ2v) is 5.99. The van der Waals surface area contributed by atoms with Crippen LogP contribution in [0.2, 0.25) is 0 Å². The summed E-state index contributed by atoms with van der Waals surface area (Å²) in [6.45, 7) is 0.0538. The lowest BCUT2D eigenvalue weighted by Gasteiger charge is -2.19. The molecule has 0 saturated carbocycles. The number of carbonyl (C=O) groups is 3. The first-order valence-electron chi connectivity index (χ1n) is 8.41. The highest BCUT2D eigenvalue weighted by molar-refractivity contribution is 5.92. The van der Waals surface area contributed by atoms with Gasteiger partial charge in [-0.2, -0.15) is 0 Å². The molecule has 0 bridgehead atoms. The average molecular weight is 368 g/mol. The molecule has 0 saturated heterocycles. The van der Waals surface area contributed by atoms with Crippen LogP contribution in [0.5, 0.6) is 0 Å². The Hall–Kier alpha value is -3.55. The maximum absolute atomic E-state index is 12.0. The van der Waals surface area contributed by atoms with Gasteiger partial charge in [-0.1, -0.05) is 18.2 Å². The van der Waals surface area contributed by atoms with Crippen molar-refractivity contribution < 1.29 is 23.9 Å². The standard InChI is InChI=1S/C19H19N3O5/c23-17(7-8-20-18(24)16-6-3-9-27-16)22-15(19(25)26)10-12-11-21-14-5-2-1-4-13(12)14/h1-6,9,11,15,21H,7-8,10H2,(H,20,24)(H,22,23)(H,25,26)/p-1/t15-/m0/s1. The fourth-order valence-corrected chi connectivity index (χ4v) is 2.76. The van der Waals surface area contributed by atoms with E-state index in [1.807, 2.05) is 24.3 Å². The summed E-state index contributed by atoms with van der Waals surface area (Å²) in [5.74, 6) is -2.16. The monoisotopic (exact) mass is 368 g/mol. The molecule has 0 aliphatic rings. The van der Waals surface area contributed by atoms with Crippen molar-refractivity contribution in [2.24, 2.45) is 0 Å². The van der Waals surface area contributed by atoms with Gasteiger partial charge in [-0.3, -0.25) is 9.59 Å². The Labute approximate surface area is 154 Å². The van der Waals surface area contributed by atoms with Crippen molar-refractivity contribution in [3.05, 3.63) is 60.2 Å². The molecule has 2 amide bonds. The van der Waals surface area contributed by atoms with Crippen molar-refractivity contribution in [1.29, 1.82) is 0 Å². The van der Waals surface area contributed by atoms with E-state index in [0.29, 0.717) is 0 Å². The molecule has 3 rings (SSSR count). The van der Waals surface area contributed by atoms with Crippen LogP contribution in [0.4, 0.5) is 0 Å². The minimum absolute atomic E-state index is 0.0538. The molecule has 0 spiro atoms. The fourth-order valence-electron chi connectivity index (χ4n) is 2.76. The number of hydrogen-bond acceptors (Lipinski definition) is 5. The van der Waals surface area contributed by atoms with Gasteiger partial charge in [0.1, 0.15) is 0 Å². The van der Waals surface area contributed by atoms with E-state index >= 15 is 0 Å². The zero-order chi connectivity index (χ0) is 19.2. The van der Waals surface area contributed by atoms with Crippen LogP contribution in [0.1, 0.15) is 22.5 Å². The molecule has 27 heavy (non-hydrogen) atoms. The van der Waals surface area contributed by atoms with Gasteiger partial charge >= 0.3 is 0 Å². The van der Waals surface area contributed by atoms with Gasteiger partial charge in [0.2, 0.25) is 5.91 Å². The lowest BCUT2D eigenvalue weighted by atomic mass is 10.0. The zero-order valence-corrected chi connectivity index (χ0v) is 14.4. The number of amides is 2. The molecule has 3 aromatic rings. The summed E-state index contributed by atoms with van der Waals surface area (Å²) < 4.78 is 4.94. The fraction of sp³-hybridized carbons (Fsp3) is 0.211. The third kappa shape index (κ3) is 4.55. The topological polar surface area (TPSA) is 127 Å². The number of aromatic amines is 1. The zero-order valence-electron chi connectivity index (χ0n) is 14.4. The molecule has 2 aromatic heterocycles. The number of aliphatic carboxylic acids is 1. The summed E-state index contributed by atoms with van der Waals surface area (Å²) in [6, 6.07) is 9.40. The number of carbonyl (C=O) groups excluding carboxylic acids is 3. The highest BCUT2D eigenvalue weighted by atomic mass is 16.4. The number of rotatable bonds is 8. The van der Waals surface area contributed by atoms with Crippen molar-refractivity contribution in [2.45, 2.75) is 18.9 Å². The van der Waals surface area contributed by atoms with Crippen LogP contribution in [-0.4, -0.2) is 35.4 Å². The summed E-state index contributed by atoms with van der Waals surface area (Å²) in [7, 11) is 0. The van der Waals surface area contributed by atoms with Gasteiger partial charge in [0, 0.05) is 36.5 Å². The summed E-state index contributed by atoms with van der Waals surface area (Å²) >= 11 is 0. The average Bonchev–Trinajstić information content (AvgIpc) is 3.31. The number of furan rings is 1. The van der Waals surface area contributed by atoms with Crippen LogP contribution in [0.15, 0.2) is 53.3 Å². The van der Waals surface area contributed by atoms with Gasteiger partial charge in [0.15, 0.2) is 5.76 Å². The van der Waals surface area contributed by atoms with Crippen LogP contribution in [-0.2, 0) is 16.0 Å². The molecule has 1 aromatic carbocycles. The number of H-pyrrole nitrogens is 1. The maximum atomic E-state index is 12.0. The molecular formula is C19H18N3O5-. The van der Waals surface area contributed by atoms with Gasteiger partial charge < -0.3 is 29.9 Å². The first kappa shape index (κ1) is 18.2. The molecule has 0 radical (unpaired) electrons. The minimum Gasteiger partial charge on any atom is -0.548 e. The van der Waals surface area contributed by atoms with Crippen LogP contribution in [0.3, 0.4) is 0 Å². The number of nitrogens with one attached hydrogen (secondary N) is 3. The molecule has 0 aliphatic heterocycles. The molecular weight excluding hydrogens is 350 g/mol. The Morgan fingerprint density at radius 2 is 1.96 bits per heavy atom. The lowest BCUT2D eigenvalue weighted by Crippen LogP contribution is -2.49. The van der Waals surface area contributed by atoms with Gasteiger partial charge in [-0.05, 0) is 23.8 Å². The highest BCUT2D eigenvalue weighted by Gasteiger charge is 2.17. The molecule has 0 unspecified atom stereocenters. The summed E-state index contributed by atoms with van der Waals surface area (Å²) in [5, 5.41) is 17.3. The van der Waals surface area contributed by atoms with Crippen LogP contribution in [0.25, 0.3) is 10.9 Å². The number of carboxylic acids is 1. The van der Waals surface area contributed by atoms with Crippen molar-refractivity contribution in [3.8, 4) is 0 Å². The van der Waals surface area contributed by atoms with E-state index in [9.17, 15) is 19.5 Å². The van der Waals surface area contributed by atoms with E-state index in [2.05, 4.69) is 15.6 Å². The van der Waals surface area contributed by atoms with Gasteiger partial charge in [0.25, 0.3) is 5.91 Å². The second kappa shape index (κ2) is 8.22. The molecule has 0 fully saturated rings. The van der Waals surface area contributed by atoms with E-state index in [-0.39, 0.29) is 25.1 Å². The SMILES string of the molecule is O=C(CCNC(=O)c1ccco1)N[C@@H](Cc1c[nH]c2ccccc12)C(=O)[O-]. The van der Waals surface area contributed by atoms with Crippen LogP contribution >= 0.6 is 0 Å². The number of benzene rings is 1. The Morgan fingerprint density at radius 1 is 1.15 bits per heavy atom. The quantitative estimate of drug-likeness (QED) is 0.529. The Kier molecular flexibility index (Phi) is 5.55. The van der Waals surface area contributed by atoms with Crippen molar-refractivity contribution in [1.82, 2.24) is 15.6 Å². The molecule has 8 nitrogen and oxygen atoms in total. The highest BCUT2D eigenvalue weighted by Crippen LogP contribution is 2.19. The summed E-state index contributed by atoms with van der Waals surface area (Å²) in [6.07, 6.45) is 3.12. The smallest absolute Gasteiger partial charge is 0.286 e. The van der Waals surface area contributed by atoms with Crippen molar-refractivity contribution in [2.75, 3.05) is 6.54 Å². The van der Waals surface area contributed by atoms with E-state index in [4.69, 9.17) is 4.42 Å². The minimum atomic E-state index is -1.37. The number of para-hydroxylation sites is 1. The third-order valence-corrected chi connectivity index (χ3v) is 4.10. The largest absolute Gasteiger partial charge is 0.548 e. The van der Waals surface area contributed by atoms with E-state index in [0.717, 1.165) is 16.5 Å². The summed E-state index contributed by atoms with van der Waals surface area (Å²) in [4.78, 5) is 38.2. The number of aromatic nitrogens is 1. The van der Waals surface area contributed by atoms with Crippen LogP contribution < -0.4 is 15.7 Å². The number of hydrogen-bond donors (Lipinski definition) is 3. The normalized spacial score (nSPS) is 11.9. The Bertz CT molecular complexity index is 945. The van der Waals surface area contributed by atoms with Crippen molar-refractivity contribution in [3.63, 3.8) is 0 Å². The molecule has 8 heteroatoms. The van der Waals surface area contributed by atoms with E-state index in [1.54, 1.807) is 12.3 Å². The molecule has 140 valence electrons. The molecule has 2 heterocycles. The van der Waals surface area contributed by atoms with E-state index < -0.39 is 23.8 Å². The number of fused-ring (bicyclic) bond motifs is 1. The molecule has 3 N–H and O–H groups in total. The van der Waals surface area contributed by atoms with Gasteiger partial charge in [-0.25, -0.2) is 0 Å². The van der Waals surface area contributed by atoms with Gasteiger partial charge in [-0.15, -0.1) is 0 Å². The maximum Gasteiger partial charge on any atom is 0.286 e. The van der Waals surface area contributed by atoms with Crippen LogP contribution in [0, 0.1) is 0 Å². The molecule has 1 atom stereocenters. The first-order valence-corrected chi connectivity index (χ1v) is 8.41. The number of carboxylic acid groups (broad SMARTS) is 1. The predicted octanol–water partition coefficient (Wildman–Crippen LogP) is 0.358. The lowest BCUT2D eigenvalue weighted by molar-refractivity contribution is -0.308. The second-order valence-electron chi connectivity index (χ2n) is 5.99. The third-order valence-electron chi connectivity index (χ3n) is 4.10. The van der Waals surface area contributed by atoms with E-state index in [1.165, 1.54) is 12.3 Å². The Morgan fingerprint density at radius 3 is 2.70 bits per heavy atom. The summed E-state index contributed by atoms with van der Waals surface area (Å²) in [5.41, 5.74) is 1.66. The Balaban J connectivity index is 1.53. The first-order chi connectivity index (χ1) is 13.0. The molecule has 0 aliphatic carbocycles.